The zero-order valence-corrected chi connectivity index (χ0v) is 24.5. The summed E-state index contributed by atoms with van der Waals surface area (Å²) < 4.78 is 13.6. The van der Waals surface area contributed by atoms with Gasteiger partial charge in [-0.3, -0.25) is 4.79 Å². The van der Waals surface area contributed by atoms with Gasteiger partial charge >= 0.3 is 5.97 Å². The fourth-order valence-corrected chi connectivity index (χ4v) is 7.31. The molecule has 0 radical (unpaired) electrons. The van der Waals surface area contributed by atoms with E-state index in [9.17, 15) is 9.59 Å². The molecule has 1 saturated carbocycles. The van der Waals surface area contributed by atoms with Crippen molar-refractivity contribution in [2.24, 2.45) is 0 Å². The fourth-order valence-electron chi connectivity index (χ4n) is 5.21. The van der Waals surface area contributed by atoms with Gasteiger partial charge < -0.3 is 19.4 Å². The zero-order chi connectivity index (χ0) is 27.4. The summed E-state index contributed by atoms with van der Waals surface area (Å²) >= 11 is 2.84. The molecule has 2 heterocycles. The molecule has 5 rings (SSSR count). The number of esters is 1. The van der Waals surface area contributed by atoms with E-state index in [1.807, 2.05) is 49.6 Å². The minimum atomic E-state index is -0.359. The Morgan fingerprint density at radius 3 is 2.56 bits per heavy atom. The molecule has 0 saturated heterocycles. The highest BCUT2D eigenvalue weighted by molar-refractivity contribution is 7.99. The van der Waals surface area contributed by atoms with Gasteiger partial charge in [-0.1, -0.05) is 11.8 Å². The molecule has 10 heteroatoms. The smallest absolute Gasteiger partial charge is 0.341 e. The number of anilines is 1. The van der Waals surface area contributed by atoms with Gasteiger partial charge in [0.2, 0.25) is 5.91 Å². The first-order valence-corrected chi connectivity index (χ1v) is 15.7. The Hall–Kier alpha value is -2.85. The molecule has 1 amide bonds. The first kappa shape index (κ1) is 27.7. The van der Waals surface area contributed by atoms with E-state index in [2.05, 4.69) is 15.5 Å². The number of hydrogen-bond donors (Lipinski definition) is 1. The average Bonchev–Trinajstić information content (AvgIpc) is 3.66. The van der Waals surface area contributed by atoms with E-state index < -0.39 is 0 Å². The second-order valence-corrected chi connectivity index (χ2v) is 12.4. The molecule has 0 unspecified atom stereocenters. The molecule has 0 aliphatic heterocycles. The lowest BCUT2D eigenvalue weighted by molar-refractivity contribution is -0.113. The monoisotopic (exact) mass is 568 g/mol. The third-order valence-corrected chi connectivity index (χ3v) is 9.23. The van der Waals surface area contributed by atoms with Crippen LogP contribution in [0.4, 0.5) is 5.00 Å². The number of carbonyl (C=O) groups is 2. The Morgan fingerprint density at radius 2 is 1.85 bits per heavy atom. The first-order chi connectivity index (χ1) is 18.9. The van der Waals surface area contributed by atoms with Crippen LogP contribution in [0.5, 0.6) is 5.75 Å². The lowest BCUT2D eigenvalue weighted by Gasteiger charge is -2.14. The highest BCUT2D eigenvalue weighted by atomic mass is 32.2. The van der Waals surface area contributed by atoms with Crippen LogP contribution in [0.1, 0.15) is 80.1 Å². The van der Waals surface area contributed by atoms with Crippen LogP contribution in [0.25, 0.3) is 11.4 Å². The summed E-state index contributed by atoms with van der Waals surface area (Å²) in [6, 6.07) is 8.01. The molecular formula is C29H36N4O4S2. The summed E-state index contributed by atoms with van der Waals surface area (Å²) in [5.41, 5.74) is 2.52. The molecule has 2 aliphatic rings. The summed E-state index contributed by atoms with van der Waals surface area (Å²) in [6.45, 7) is 6.39. The number of ether oxygens (including phenoxy) is 2. The number of thioether (sulfide) groups is 1. The van der Waals surface area contributed by atoms with Crippen molar-refractivity contribution in [3.63, 3.8) is 0 Å². The average molecular weight is 569 g/mol. The molecule has 208 valence electrons. The summed E-state index contributed by atoms with van der Waals surface area (Å²) in [5, 5.41) is 13.1. The Morgan fingerprint density at radius 1 is 1.10 bits per heavy atom. The highest BCUT2D eigenvalue weighted by Crippen LogP contribution is 2.39. The van der Waals surface area contributed by atoms with Crippen molar-refractivity contribution in [2.75, 3.05) is 11.1 Å². The lowest BCUT2D eigenvalue weighted by atomic mass is 9.95. The van der Waals surface area contributed by atoms with Gasteiger partial charge in [0, 0.05) is 17.0 Å². The van der Waals surface area contributed by atoms with Crippen molar-refractivity contribution in [1.82, 2.24) is 14.8 Å². The van der Waals surface area contributed by atoms with Crippen molar-refractivity contribution in [3.8, 4) is 17.1 Å². The number of fused-ring (bicyclic) bond motifs is 1. The Kier molecular flexibility index (Phi) is 8.92. The number of nitrogens with zero attached hydrogens (tertiary/aromatic N) is 3. The molecular weight excluding hydrogens is 532 g/mol. The number of amides is 1. The van der Waals surface area contributed by atoms with Crippen LogP contribution in [0.2, 0.25) is 0 Å². The Bertz CT molecular complexity index is 1310. The molecule has 3 aromatic rings. The third-order valence-electron chi connectivity index (χ3n) is 7.05. The lowest BCUT2D eigenvalue weighted by Crippen LogP contribution is -2.19. The van der Waals surface area contributed by atoms with E-state index in [0.29, 0.717) is 28.4 Å². The van der Waals surface area contributed by atoms with Crippen molar-refractivity contribution in [3.05, 3.63) is 40.3 Å². The maximum atomic E-state index is 13.0. The maximum absolute atomic E-state index is 13.0. The van der Waals surface area contributed by atoms with Gasteiger partial charge in [0.05, 0.1) is 23.5 Å². The van der Waals surface area contributed by atoms with Crippen LogP contribution in [-0.2, 0) is 28.9 Å². The van der Waals surface area contributed by atoms with Gasteiger partial charge in [-0.15, -0.1) is 21.5 Å². The minimum absolute atomic E-state index is 0.160. The van der Waals surface area contributed by atoms with Crippen LogP contribution in [0.3, 0.4) is 0 Å². The molecule has 39 heavy (non-hydrogen) atoms. The van der Waals surface area contributed by atoms with Crippen LogP contribution < -0.4 is 10.1 Å². The van der Waals surface area contributed by atoms with Crippen molar-refractivity contribution in [2.45, 2.75) is 96.0 Å². The largest absolute Gasteiger partial charge is 0.490 e. The number of benzene rings is 1. The first-order valence-electron chi connectivity index (χ1n) is 13.9. The second kappa shape index (κ2) is 12.6. The molecule has 0 spiro atoms. The molecule has 0 atom stereocenters. The molecule has 2 aliphatic carbocycles. The molecule has 1 fully saturated rings. The third kappa shape index (κ3) is 6.49. The number of carbonyl (C=O) groups excluding carboxylic acids is 2. The number of aryl methyl sites for hydroxylation is 1. The van der Waals surface area contributed by atoms with E-state index in [4.69, 9.17) is 9.47 Å². The van der Waals surface area contributed by atoms with Crippen molar-refractivity contribution in [1.29, 1.82) is 0 Å². The topological polar surface area (TPSA) is 95.3 Å². The van der Waals surface area contributed by atoms with Crippen LogP contribution in [0, 0.1) is 0 Å². The summed E-state index contributed by atoms with van der Waals surface area (Å²) in [6.07, 6.45) is 8.74. The molecule has 2 aromatic heterocycles. The predicted octanol–water partition coefficient (Wildman–Crippen LogP) is 6.52. The van der Waals surface area contributed by atoms with Crippen LogP contribution >= 0.6 is 23.1 Å². The van der Waals surface area contributed by atoms with Gasteiger partial charge in [0.15, 0.2) is 11.0 Å². The van der Waals surface area contributed by atoms with Crippen LogP contribution in [0.15, 0.2) is 29.4 Å². The molecule has 8 nitrogen and oxygen atoms in total. The molecule has 0 bridgehead atoms. The van der Waals surface area contributed by atoms with E-state index in [-0.39, 0.29) is 23.7 Å². The fraction of sp³-hybridized carbons (Fsp3) is 0.517. The van der Waals surface area contributed by atoms with E-state index >= 15 is 0 Å². The second-order valence-electron chi connectivity index (χ2n) is 10.3. The quantitative estimate of drug-likeness (QED) is 0.220. The summed E-state index contributed by atoms with van der Waals surface area (Å²) in [7, 11) is 0. The number of thiophene rings is 1. The van der Waals surface area contributed by atoms with Crippen molar-refractivity contribution >= 4 is 40.0 Å². The highest BCUT2D eigenvalue weighted by Gasteiger charge is 2.28. The van der Waals surface area contributed by atoms with Gasteiger partial charge in [0.1, 0.15) is 10.8 Å². The standard InChI is InChI=1S/C29H36N4O4S2/c1-4-33-26(19-13-15-21(16-14-19)37-20-9-5-6-10-20)31-32-29(33)38-17-24(34)30-27-25(28(35)36-18(2)3)22-11-7-8-12-23(22)39-27/h13-16,18,20H,4-12,17H2,1-3H3,(H,30,34). The Labute approximate surface area is 237 Å². The zero-order valence-electron chi connectivity index (χ0n) is 22.8. The minimum Gasteiger partial charge on any atom is -0.490 e. The molecule has 1 aromatic carbocycles. The number of nitrogens with one attached hydrogen (secondary N) is 1. The Balaban J connectivity index is 1.25. The number of rotatable bonds is 10. The van der Waals surface area contributed by atoms with E-state index in [1.165, 1.54) is 40.8 Å². The van der Waals surface area contributed by atoms with Crippen molar-refractivity contribution < 1.29 is 19.1 Å². The van der Waals surface area contributed by atoms with Gasteiger partial charge in [0.25, 0.3) is 0 Å². The van der Waals surface area contributed by atoms with E-state index in [0.717, 1.165) is 61.2 Å². The summed E-state index contributed by atoms with van der Waals surface area (Å²) in [4.78, 5) is 27.1. The normalized spacial score (nSPS) is 15.4. The summed E-state index contributed by atoms with van der Waals surface area (Å²) in [5.74, 6) is 1.26. The van der Waals surface area contributed by atoms with Gasteiger partial charge in [-0.05, 0) is 102 Å². The van der Waals surface area contributed by atoms with Gasteiger partial charge in [-0.25, -0.2) is 4.79 Å². The molecule has 1 N–H and O–H groups in total. The number of hydrogen-bond acceptors (Lipinski definition) is 8. The van der Waals surface area contributed by atoms with Crippen LogP contribution in [-0.4, -0.2) is 44.6 Å². The predicted molar refractivity (Wildman–Crippen MR) is 155 cm³/mol. The van der Waals surface area contributed by atoms with Gasteiger partial charge in [-0.2, -0.15) is 0 Å². The van der Waals surface area contributed by atoms with E-state index in [1.54, 1.807) is 0 Å². The SMILES string of the molecule is CCn1c(SCC(=O)Nc2sc3c(c2C(=O)OC(C)C)CCCC3)nnc1-c1ccc(OC2CCCC2)cc1. The number of aromatic nitrogens is 3. The maximum Gasteiger partial charge on any atom is 0.341 e.